The maximum absolute atomic E-state index is 12.7. The highest BCUT2D eigenvalue weighted by atomic mass is 35.5. The van der Waals surface area contributed by atoms with Gasteiger partial charge in [0.05, 0.1) is 5.52 Å². The largest absolute Gasteiger partial charge is 0.428 e. The molecule has 0 saturated heterocycles. The maximum atomic E-state index is 12.7. The highest BCUT2D eigenvalue weighted by Gasteiger charge is 2.18. The van der Waals surface area contributed by atoms with Crippen LogP contribution in [0.1, 0.15) is 27.9 Å². The Hall–Kier alpha value is -3.29. The Balaban J connectivity index is 1.37. The molecule has 0 aliphatic carbocycles. The van der Waals surface area contributed by atoms with E-state index in [0.717, 1.165) is 22.5 Å². The minimum atomic E-state index is -0.794. The number of hydrogen-bond acceptors (Lipinski definition) is 5. The van der Waals surface area contributed by atoms with Gasteiger partial charge in [-0.15, -0.1) is 0 Å². The number of halogens is 1. The van der Waals surface area contributed by atoms with Gasteiger partial charge in [-0.25, -0.2) is 9.59 Å². The summed E-state index contributed by atoms with van der Waals surface area (Å²) in [5.41, 5.74) is 2.55. The van der Waals surface area contributed by atoms with Gasteiger partial charge >= 0.3 is 11.8 Å². The predicted molar refractivity (Wildman–Crippen MR) is 131 cm³/mol. The Morgan fingerprint density at radius 1 is 0.970 bits per heavy atom. The number of ketones is 1. The number of benzene rings is 3. The van der Waals surface area contributed by atoms with Gasteiger partial charge < -0.3 is 9.73 Å². The van der Waals surface area contributed by atoms with E-state index in [1.54, 1.807) is 48.2 Å². The van der Waals surface area contributed by atoms with Gasteiger partial charge in [0, 0.05) is 28.4 Å². The van der Waals surface area contributed by atoms with Crippen molar-refractivity contribution in [3.8, 4) is 0 Å². The summed E-state index contributed by atoms with van der Waals surface area (Å²) in [5, 5.41) is 3.29. The molecule has 0 spiro atoms. The van der Waals surface area contributed by atoms with E-state index in [4.69, 9.17) is 16.0 Å². The third kappa shape index (κ3) is 5.56. The predicted octanol–water partition coefficient (Wildman–Crippen LogP) is 5.36. The first-order chi connectivity index (χ1) is 16.0. The van der Waals surface area contributed by atoms with Gasteiger partial charge in [0.1, 0.15) is 0 Å². The Kier molecular flexibility index (Phi) is 7.32. The van der Waals surface area contributed by atoms with Crippen LogP contribution in [-0.4, -0.2) is 28.7 Å². The third-order valence-corrected chi connectivity index (χ3v) is 6.37. The van der Waals surface area contributed by atoms with Gasteiger partial charge in [-0.3, -0.25) is 4.79 Å². The van der Waals surface area contributed by atoms with Gasteiger partial charge in [-0.2, -0.15) is 16.3 Å². The molecule has 1 amide bonds. The van der Waals surface area contributed by atoms with Crippen molar-refractivity contribution < 1.29 is 14.0 Å². The summed E-state index contributed by atoms with van der Waals surface area (Å²) in [6.07, 6.45) is 0.771. The van der Waals surface area contributed by atoms with Crippen molar-refractivity contribution in [3.05, 3.63) is 105 Å². The summed E-state index contributed by atoms with van der Waals surface area (Å²) in [5.74, 6) is 0.766. The Bertz CT molecular complexity index is 1330. The van der Waals surface area contributed by atoms with E-state index in [0.29, 0.717) is 28.2 Å². The number of nitrogens with zero attached hydrogens (tertiary/aromatic N) is 1. The molecule has 0 aliphatic heterocycles. The number of rotatable bonds is 8. The Morgan fingerprint density at radius 2 is 1.70 bits per heavy atom. The number of fused-ring (bicyclic) bond motifs is 1. The van der Waals surface area contributed by atoms with Crippen molar-refractivity contribution in [2.45, 2.75) is 12.2 Å². The fourth-order valence-electron chi connectivity index (χ4n) is 3.33. The average molecular weight is 481 g/mol. The second kappa shape index (κ2) is 10.6. The molecule has 0 radical (unpaired) electrons. The van der Waals surface area contributed by atoms with E-state index in [1.807, 2.05) is 18.2 Å². The van der Waals surface area contributed by atoms with E-state index in [9.17, 15) is 14.4 Å². The first kappa shape index (κ1) is 22.9. The number of thioether (sulfide) groups is 1. The molecule has 8 heteroatoms. The molecule has 4 aromatic rings. The minimum absolute atomic E-state index is 0.174. The van der Waals surface area contributed by atoms with Crippen LogP contribution >= 0.6 is 23.4 Å². The lowest BCUT2D eigenvalue weighted by atomic mass is 10.0. The molecule has 6 nitrogen and oxygen atoms in total. The lowest BCUT2D eigenvalue weighted by Gasteiger charge is -2.06. The molecule has 0 atom stereocenters. The first-order valence-electron chi connectivity index (χ1n) is 10.4. The van der Waals surface area contributed by atoms with Gasteiger partial charge in [0.25, 0.3) is 0 Å². The maximum Gasteiger partial charge on any atom is 0.428 e. The van der Waals surface area contributed by atoms with Crippen LogP contribution in [0.4, 0.5) is 4.79 Å². The molecule has 1 N–H and O–H groups in total. The number of amides is 1. The van der Waals surface area contributed by atoms with E-state index < -0.39 is 11.8 Å². The molecule has 0 fully saturated rings. The summed E-state index contributed by atoms with van der Waals surface area (Å²) >= 11 is 7.66. The average Bonchev–Trinajstić information content (AvgIpc) is 3.16. The number of hydrogen-bond donors (Lipinski definition) is 1. The zero-order valence-corrected chi connectivity index (χ0v) is 19.2. The highest BCUT2D eigenvalue weighted by molar-refractivity contribution is 7.98. The molecule has 0 bridgehead atoms. The minimum Gasteiger partial charge on any atom is -0.407 e. The highest BCUT2D eigenvalue weighted by Crippen LogP contribution is 2.19. The second-order valence-corrected chi connectivity index (χ2v) is 8.89. The molecular weight excluding hydrogens is 460 g/mol. The van der Waals surface area contributed by atoms with Crippen molar-refractivity contribution in [1.29, 1.82) is 0 Å². The summed E-state index contributed by atoms with van der Waals surface area (Å²) in [7, 11) is 0. The topological polar surface area (TPSA) is 81.3 Å². The zero-order chi connectivity index (χ0) is 23.2. The standard InChI is InChI=1S/C25H21ClN2O4S/c26-20-10-7-18(8-11-20)23(29)19-9-12-21-22(15-19)32-25(31)28(21)24(30)27-13-4-14-33-16-17-5-2-1-3-6-17/h1-3,5-12,15H,4,13-14,16H2,(H,27,30). The fourth-order valence-corrected chi connectivity index (χ4v) is 4.38. The summed E-state index contributed by atoms with van der Waals surface area (Å²) in [6, 6.07) is 20.7. The van der Waals surface area contributed by atoms with Crippen LogP contribution < -0.4 is 11.1 Å². The normalized spacial score (nSPS) is 10.9. The molecule has 1 heterocycles. The molecule has 1 aromatic heterocycles. The van der Waals surface area contributed by atoms with E-state index in [1.165, 1.54) is 11.6 Å². The molecule has 168 valence electrons. The van der Waals surface area contributed by atoms with Crippen molar-refractivity contribution in [3.63, 3.8) is 0 Å². The van der Waals surface area contributed by atoms with Crippen LogP contribution in [0.25, 0.3) is 11.1 Å². The molecule has 4 rings (SSSR count). The molecule has 0 aliphatic rings. The number of carbonyl (C=O) groups is 2. The van der Waals surface area contributed by atoms with Crippen molar-refractivity contribution in [2.75, 3.05) is 12.3 Å². The van der Waals surface area contributed by atoms with Gasteiger partial charge in [0.15, 0.2) is 11.4 Å². The van der Waals surface area contributed by atoms with Gasteiger partial charge in [-0.1, -0.05) is 41.9 Å². The van der Waals surface area contributed by atoms with E-state index in [2.05, 4.69) is 17.4 Å². The smallest absolute Gasteiger partial charge is 0.407 e. The van der Waals surface area contributed by atoms with Crippen LogP contribution in [0.5, 0.6) is 0 Å². The van der Waals surface area contributed by atoms with Crippen LogP contribution in [0.2, 0.25) is 5.02 Å². The Labute approximate surface area is 199 Å². The van der Waals surface area contributed by atoms with Crippen LogP contribution in [0.15, 0.2) is 82.0 Å². The molecule has 0 unspecified atom stereocenters. The van der Waals surface area contributed by atoms with Crippen molar-refractivity contribution in [1.82, 2.24) is 9.88 Å². The van der Waals surface area contributed by atoms with Crippen LogP contribution in [-0.2, 0) is 5.75 Å². The number of oxazole rings is 1. The quantitative estimate of drug-likeness (QED) is 0.271. The van der Waals surface area contributed by atoms with Crippen LogP contribution in [0.3, 0.4) is 0 Å². The summed E-state index contributed by atoms with van der Waals surface area (Å²) in [6.45, 7) is 0.437. The summed E-state index contributed by atoms with van der Waals surface area (Å²) < 4.78 is 6.18. The Morgan fingerprint density at radius 3 is 2.45 bits per heavy atom. The van der Waals surface area contributed by atoms with Crippen molar-refractivity contribution in [2.24, 2.45) is 0 Å². The van der Waals surface area contributed by atoms with Gasteiger partial charge in [0.2, 0.25) is 0 Å². The second-order valence-electron chi connectivity index (χ2n) is 7.35. The van der Waals surface area contributed by atoms with E-state index in [-0.39, 0.29) is 11.4 Å². The molecule has 0 saturated carbocycles. The van der Waals surface area contributed by atoms with Gasteiger partial charge in [-0.05, 0) is 60.2 Å². The fraction of sp³-hybridized carbons (Fsp3) is 0.160. The molecule has 3 aromatic carbocycles. The SMILES string of the molecule is O=C(c1ccc(Cl)cc1)c1ccc2c(c1)oc(=O)n2C(=O)NCCCSCc1ccccc1. The third-order valence-electron chi connectivity index (χ3n) is 5.01. The van der Waals surface area contributed by atoms with E-state index >= 15 is 0 Å². The molecule has 33 heavy (non-hydrogen) atoms. The summed E-state index contributed by atoms with van der Waals surface area (Å²) in [4.78, 5) is 37.6. The van der Waals surface area contributed by atoms with Crippen molar-refractivity contribution >= 4 is 46.3 Å². The zero-order valence-electron chi connectivity index (χ0n) is 17.6. The monoisotopic (exact) mass is 480 g/mol. The number of aromatic nitrogens is 1. The lowest BCUT2D eigenvalue weighted by molar-refractivity contribution is 0.103. The molecular formula is C25H21ClN2O4S. The number of carbonyl (C=O) groups excluding carboxylic acids is 2. The lowest BCUT2D eigenvalue weighted by Crippen LogP contribution is -2.34. The van der Waals surface area contributed by atoms with Crippen LogP contribution in [0, 0.1) is 0 Å². The first-order valence-corrected chi connectivity index (χ1v) is 11.9. The number of nitrogens with one attached hydrogen (secondary N) is 1.